The van der Waals surface area contributed by atoms with Gasteiger partial charge in [0.1, 0.15) is 0 Å². The summed E-state index contributed by atoms with van der Waals surface area (Å²) in [6.07, 6.45) is 13.3. The molecule has 2 rings (SSSR count). The molecule has 2 aliphatic heterocycles. The lowest BCUT2D eigenvalue weighted by Gasteiger charge is -2.28. The van der Waals surface area contributed by atoms with E-state index in [0.717, 1.165) is 51.5 Å². The van der Waals surface area contributed by atoms with E-state index < -0.39 is 5.97 Å². The molecule has 0 aromatic carbocycles. The third kappa shape index (κ3) is 8.42. The summed E-state index contributed by atoms with van der Waals surface area (Å²) in [6.45, 7) is 3.65. The smallest absolute Gasteiger partial charge is 0.327 e. The second-order valence-corrected chi connectivity index (χ2v) is 8.67. The minimum absolute atomic E-state index is 0.0154. The highest BCUT2D eigenvalue weighted by atomic mass is 32.1. The number of hydrogen-bond acceptors (Lipinski definition) is 4. The standard InChI is InChI=1S/C22H36N2O4S/c1-2-3-8-13-23-21(29)14-20(25)24-15-17-16(18-11-12-19(17)28-18)9-6-4-5-7-10-22(26)27/h7,10,16-19H,2-6,8-9,11-15H2,1H3,(H,23,29)(H,24,25)(H,26,27)/b10-7+/t16-,17+,18-,19+/m0/s1. The van der Waals surface area contributed by atoms with Crippen molar-refractivity contribution in [1.29, 1.82) is 0 Å². The average Bonchev–Trinajstić information content (AvgIpc) is 3.28. The molecule has 6 nitrogen and oxygen atoms in total. The number of rotatable bonds is 14. The van der Waals surface area contributed by atoms with E-state index in [4.69, 9.17) is 22.1 Å². The highest BCUT2D eigenvalue weighted by Gasteiger charge is 2.48. The zero-order valence-electron chi connectivity index (χ0n) is 17.5. The number of carbonyl (C=O) groups excluding carboxylic acids is 1. The first-order chi connectivity index (χ1) is 14.0. The molecule has 7 heteroatoms. The van der Waals surface area contributed by atoms with Gasteiger partial charge in [-0.2, -0.15) is 0 Å². The fourth-order valence-corrected chi connectivity index (χ4v) is 4.72. The van der Waals surface area contributed by atoms with Crippen molar-refractivity contribution in [2.75, 3.05) is 13.1 Å². The van der Waals surface area contributed by atoms with Gasteiger partial charge in [0.05, 0.1) is 23.6 Å². The van der Waals surface area contributed by atoms with Gasteiger partial charge >= 0.3 is 5.97 Å². The maximum Gasteiger partial charge on any atom is 0.327 e. The molecule has 3 N–H and O–H groups in total. The number of hydrogen-bond donors (Lipinski definition) is 3. The Balaban J connectivity index is 1.67. The molecular formula is C22H36N2O4S. The van der Waals surface area contributed by atoms with Crippen LogP contribution in [-0.2, 0) is 14.3 Å². The van der Waals surface area contributed by atoms with Crippen molar-refractivity contribution in [3.8, 4) is 0 Å². The summed E-state index contributed by atoms with van der Waals surface area (Å²) >= 11 is 5.27. The van der Waals surface area contributed by atoms with E-state index in [0.29, 0.717) is 29.5 Å². The number of amides is 1. The van der Waals surface area contributed by atoms with Gasteiger partial charge < -0.3 is 20.5 Å². The minimum atomic E-state index is -0.891. The van der Waals surface area contributed by atoms with Crippen LogP contribution in [-0.4, -0.2) is 47.3 Å². The van der Waals surface area contributed by atoms with E-state index >= 15 is 0 Å². The maximum atomic E-state index is 12.3. The highest BCUT2D eigenvalue weighted by Crippen LogP contribution is 2.45. The van der Waals surface area contributed by atoms with E-state index in [1.807, 2.05) is 0 Å². The van der Waals surface area contributed by atoms with Crippen molar-refractivity contribution in [1.82, 2.24) is 10.6 Å². The van der Waals surface area contributed by atoms with Crippen LogP contribution in [0.5, 0.6) is 0 Å². The Morgan fingerprint density at radius 3 is 2.59 bits per heavy atom. The van der Waals surface area contributed by atoms with E-state index in [2.05, 4.69) is 17.6 Å². The Bertz CT molecular complexity index is 581. The molecule has 1 amide bonds. The molecule has 0 unspecified atom stereocenters. The zero-order chi connectivity index (χ0) is 21.1. The molecule has 2 saturated heterocycles. The van der Waals surface area contributed by atoms with Gasteiger partial charge in [0.15, 0.2) is 0 Å². The topological polar surface area (TPSA) is 87.7 Å². The number of unbranched alkanes of at least 4 members (excludes halogenated alkanes) is 4. The molecule has 0 aromatic rings. The lowest BCUT2D eigenvalue weighted by Crippen LogP contribution is -2.39. The number of aliphatic carboxylic acids is 1. The molecule has 0 aromatic heterocycles. The van der Waals surface area contributed by atoms with Crippen molar-refractivity contribution in [3.63, 3.8) is 0 Å². The molecular weight excluding hydrogens is 388 g/mol. The molecule has 0 radical (unpaired) electrons. The van der Waals surface area contributed by atoms with Gasteiger partial charge in [0.25, 0.3) is 0 Å². The predicted octanol–water partition coefficient (Wildman–Crippen LogP) is 3.59. The van der Waals surface area contributed by atoms with Gasteiger partial charge in [-0.05, 0) is 44.4 Å². The number of ether oxygens (including phenoxy) is 1. The van der Waals surface area contributed by atoms with Gasteiger partial charge in [0.2, 0.25) is 5.91 Å². The maximum absolute atomic E-state index is 12.3. The lowest BCUT2D eigenvalue weighted by atomic mass is 9.76. The van der Waals surface area contributed by atoms with Crippen LogP contribution in [0.15, 0.2) is 12.2 Å². The first-order valence-corrected chi connectivity index (χ1v) is 11.5. The molecule has 2 bridgehead atoms. The molecule has 2 fully saturated rings. The summed E-state index contributed by atoms with van der Waals surface area (Å²) in [5, 5.41) is 14.9. The van der Waals surface area contributed by atoms with Crippen molar-refractivity contribution >= 4 is 29.1 Å². The summed E-state index contributed by atoms with van der Waals surface area (Å²) in [7, 11) is 0. The Morgan fingerprint density at radius 2 is 1.86 bits per heavy atom. The number of nitrogens with one attached hydrogen (secondary N) is 2. The zero-order valence-corrected chi connectivity index (χ0v) is 18.3. The third-order valence-corrected chi connectivity index (χ3v) is 6.26. The number of fused-ring (bicyclic) bond motifs is 2. The fourth-order valence-electron chi connectivity index (χ4n) is 4.49. The van der Waals surface area contributed by atoms with Gasteiger partial charge in [-0.25, -0.2) is 4.79 Å². The third-order valence-electron chi connectivity index (χ3n) is 5.97. The molecule has 0 saturated carbocycles. The second-order valence-electron chi connectivity index (χ2n) is 8.18. The summed E-state index contributed by atoms with van der Waals surface area (Å²) in [5.74, 6) is -0.0498. The molecule has 2 heterocycles. The highest BCUT2D eigenvalue weighted by molar-refractivity contribution is 7.80. The monoisotopic (exact) mass is 424 g/mol. The number of carboxylic acid groups (broad SMARTS) is 1. The first kappa shape index (κ1) is 23.8. The molecule has 0 aliphatic carbocycles. The number of thiocarbonyl (C=S) groups is 1. The van der Waals surface area contributed by atoms with Crippen LogP contribution in [0.1, 0.15) is 71.1 Å². The first-order valence-electron chi connectivity index (χ1n) is 11.1. The molecule has 164 valence electrons. The molecule has 29 heavy (non-hydrogen) atoms. The van der Waals surface area contributed by atoms with E-state index in [9.17, 15) is 9.59 Å². The minimum Gasteiger partial charge on any atom is -0.478 e. The van der Waals surface area contributed by atoms with Crippen LogP contribution in [0.4, 0.5) is 0 Å². The van der Waals surface area contributed by atoms with Crippen LogP contribution in [0, 0.1) is 11.8 Å². The van der Waals surface area contributed by atoms with Crippen LogP contribution >= 0.6 is 12.2 Å². The summed E-state index contributed by atoms with van der Waals surface area (Å²) in [4.78, 5) is 23.4. The van der Waals surface area contributed by atoms with Gasteiger partial charge in [-0.1, -0.05) is 44.5 Å². The number of carboxylic acids is 1. The SMILES string of the molecule is CCCCCNC(=S)CC(=O)NC[C@@H]1[C@H](CCCC/C=C/C(=O)O)[C@@H]2CC[C@H]1O2. The summed E-state index contributed by atoms with van der Waals surface area (Å²) < 4.78 is 6.12. The number of carbonyl (C=O) groups is 2. The average molecular weight is 425 g/mol. The van der Waals surface area contributed by atoms with Crippen LogP contribution in [0.2, 0.25) is 0 Å². The molecule has 4 atom stereocenters. The van der Waals surface area contributed by atoms with Gasteiger partial charge in [-0.15, -0.1) is 0 Å². The van der Waals surface area contributed by atoms with Crippen molar-refractivity contribution in [3.05, 3.63) is 12.2 Å². The normalized spacial score (nSPS) is 25.4. The largest absolute Gasteiger partial charge is 0.478 e. The van der Waals surface area contributed by atoms with Crippen molar-refractivity contribution in [2.24, 2.45) is 11.8 Å². The van der Waals surface area contributed by atoms with Crippen molar-refractivity contribution in [2.45, 2.75) is 83.3 Å². The predicted molar refractivity (Wildman–Crippen MR) is 118 cm³/mol. The van der Waals surface area contributed by atoms with Crippen LogP contribution < -0.4 is 10.6 Å². The Labute approximate surface area is 179 Å². The molecule has 0 spiro atoms. The Hall–Kier alpha value is -1.47. The van der Waals surface area contributed by atoms with E-state index in [-0.39, 0.29) is 18.4 Å². The number of allylic oxidation sites excluding steroid dienone is 1. The van der Waals surface area contributed by atoms with Gasteiger partial charge in [0, 0.05) is 25.1 Å². The van der Waals surface area contributed by atoms with Crippen LogP contribution in [0.25, 0.3) is 0 Å². The van der Waals surface area contributed by atoms with Crippen LogP contribution in [0.3, 0.4) is 0 Å². The Morgan fingerprint density at radius 1 is 1.10 bits per heavy atom. The second kappa shape index (κ2) is 13.0. The quantitative estimate of drug-likeness (QED) is 0.224. The Kier molecular flexibility index (Phi) is 10.6. The van der Waals surface area contributed by atoms with E-state index in [1.165, 1.54) is 18.9 Å². The van der Waals surface area contributed by atoms with Crippen molar-refractivity contribution < 1.29 is 19.4 Å². The summed E-state index contributed by atoms with van der Waals surface area (Å²) in [6, 6.07) is 0. The lowest BCUT2D eigenvalue weighted by molar-refractivity contribution is -0.131. The van der Waals surface area contributed by atoms with Gasteiger partial charge in [-0.3, -0.25) is 4.79 Å². The van der Waals surface area contributed by atoms with E-state index in [1.54, 1.807) is 6.08 Å². The summed E-state index contributed by atoms with van der Waals surface area (Å²) in [5.41, 5.74) is 0. The fraction of sp³-hybridized carbons (Fsp3) is 0.773. The molecule has 2 aliphatic rings.